The Morgan fingerprint density at radius 3 is 2.87 bits per heavy atom. The normalized spacial score (nSPS) is 9.73. The van der Waals surface area contributed by atoms with E-state index in [1.54, 1.807) is 25.2 Å². The van der Waals surface area contributed by atoms with E-state index in [0.717, 1.165) is 6.42 Å². The van der Waals surface area contributed by atoms with E-state index < -0.39 is 0 Å². The number of nitrogen functional groups attached to an aromatic ring is 1. The Kier molecular flexibility index (Phi) is 3.97. The van der Waals surface area contributed by atoms with Gasteiger partial charge in [-0.25, -0.2) is 0 Å². The average Bonchev–Trinajstić information content (AvgIpc) is 2.26. The van der Waals surface area contributed by atoms with Gasteiger partial charge in [-0.1, -0.05) is 6.92 Å². The highest BCUT2D eigenvalue weighted by Crippen LogP contribution is 2.21. The third-order valence-electron chi connectivity index (χ3n) is 1.94. The first-order valence-electron chi connectivity index (χ1n) is 4.93. The fraction of sp³-hybridized carbons (Fsp3) is 0.364. The van der Waals surface area contributed by atoms with E-state index in [1.165, 1.54) is 0 Å². The Bertz CT molecular complexity index is 350. The highest BCUT2D eigenvalue weighted by atomic mass is 16.5. The maximum Gasteiger partial charge on any atom is 0.254 e. The first-order chi connectivity index (χ1) is 7.19. The molecule has 0 spiro atoms. The molecular weight excluding hydrogens is 192 g/mol. The minimum Gasteiger partial charge on any atom is -0.493 e. The molecule has 0 radical (unpaired) electrons. The maximum absolute atomic E-state index is 11.5. The van der Waals surface area contributed by atoms with Gasteiger partial charge in [-0.2, -0.15) is 0 Å². The van der Waals surface area contributed by atoms with E-state index in [-0.39, 0.29) is 5.91 Å². The second-order valence-corrected chi connectivity index (χ2v) is 3.18. The summed E-state index contributed by atoms with van der Waals surface area (Å²) in [5.74, 6) is 0.388. The van der Waals surface area contributed by atoms with Crippen molar-refractivity contribution in [1.82, 2.24) is 5.32 Å². The Labute approximate surface area is 89.4 Å². The molecule has 0 aliphatic heterocycles. The lowest BCUT2D eigenvalue weighted by Crippen LogP contribution is -2.19. The number of carbonyl (C=O) groups is 1. The summed E-state index contributed by atoms with van der Waals surface area (Å²) in [5, 5.41) is 2.55. The van der Waals surface area contributed by atoms with E-state index in [2.05, 4.69) is 5.32 Å². The standard InChI is InChI=1S/C11H16N2O2/c1-3-6-15-10-5-4-8(12)7-9(10)11(14)13-2/h4-5,7H,3,6,12H2,1-2H3,(H,13,14). The summed E-state index contributed by atoms with van der Waals surface area (Å²) >= 11 is 0. The second kappa shape index (κ2) is 5.24. The first kappa shape index (κ1) is 11.4. The van der Waals surface area contributed by atoms with Crippen molar-refractivity contribution in [3.8, 4) is 5.75 Å². The quantitative estimate of drug-likeness (QED) is 0.735. The van der Waals surface area contributed by atoms with Crippen molar-refractivity contribution in [2.75, 3.05) is 19.4 Å². The molecule has 0 saturated carbocycles. The molecule has 1 aromatic carbocycles. The van der Waals surface area contributed by atoms with Crippen molar-refractivity contribution in [3.05, 3.63) is 23.8 Å². The van der Waals surface area contributed by atoms with Crippen molar-refractivity contribution in [2.45, 2.75) is 13.3 Å². The maximum atomic E-state index is 11.5. The Balaban J connectivity index is 2.97. The smallest absolute Gasteiger partial charge is 0.254 e. The van der Waals surface area contributed by atoms with E-state index in [9.17, 15) is 4.79 Å². The monoisotopic (exact) mass is 208 g/mol. The molecule has 0 heterocycles. The fourth-order valence-corrected chi connectivity index (χ4v) is 1.20. The summed E-state index contributed by atoms with van der Waals surface area (Å²) in [6, 6.07) is 5.05. The molecule has 0 bridgehead atoms. The third kappa shape index (κ3) is 2.87. The van der Waals surface area contributed by atoms with Crippen molar-refractivity contribution in [2.24, 2.45) is 0 Å². The minimum absolute atomic E-state index is 0.187. The van der Waals surface area contributed by atoms with Gasteiger partial charge in [0.25, 0.3) is 5.91 Å². The molecule has 4 nitrogen and oxygen atoms in total. The lowest BCUT2D eigenvalue weighted by molar-refractivity contribution is 0.0959. The predicted octanol–water partition coefficient (Wildman–Crippen LogP) is 1.42. The molecule has 4 heteroatoms. The van der Waals surface area contributed by atoms with Crippen LogP contribution in [-0.4, -0.2) is 19.6 Å². The van der Waals surface area contributed by atoms with Gasteiger partial charge in [-0.05, 0) is 24.6 Å². The van der Waals surface area contributed by atoms with Crippen molar-refractivity contribution >= 4 is 11.6 Å². The third-order valence-corrected chi connectivity index (χ3v) is 1.94. The van der Waals surface area contributed by atoms with E-state index in [4.69, 9.17) is 10.5 Å². The SMILES string of the molecule is CCCOc1ccc(N)cc1C(=O)NC. The molecule has 82 valence electrons. The summed E-state index contributed by atoms with van der Waals surface area (Å²) in [6.45, 7) is 2.60. The summed E-state index contributed by atoms with van der Waals surface area (Å²) in [6.07, 6.45) is 0.900. The van der Waals surface area contributed by atoms with Crippen LogP contribution in [0.5, 0.6) is 5.75 Å². The molecule has 15 heavy (non-hydrogen) atoms. The Morgan fingerprint density at radius 2 is 2.27 bits per heavy atom. The largest absolute Gasteiger partial charge is 0.493 e. The van der Waals surface area contributed by atoms with Gasteiger partial charge in [-0.3, -0.25) is 4.79 Å². The number of carbonyl (C=O) groups excluding carboxylic acids is 1. The highest BCUT2D eigenvalue weighted by Gasteiger charge is 2.11. The number of hydrogen-bond donors (Lipinski definition) is 2. The molecule has 0 aromatic heterocycles. The van der Waals surface area contributed by atoms with Gasteiger partial charge in [0.15, 0.2) is 0 Å². The molecule has 1 rings (SSSR count). The van der Waals surface area contributed by atoms with Crippen LogP contribution in [0.1, 0.15) is 23.7 Å². The van der Waals surface area contributed by atoms with Crippen LogP contribution in [0.2, 0.25) is 0 Å². The Morgan fingerprint density at radius 1 is 1.53 bits per heavy atom. The summed E-state index contributed by atoms with van der Waals surface area (Å²) < 4.78 is 5.45. The highest BCUT2D eigenvalue weighted by molar-refractivity contribution is 5.97. The van der Waals surface area contributed by atoms with Gasteiger partial charge in [0.05, 0.1) is 12.2 Å². The minimum atomic E-state index is -0.187. The van der Waals surface area contributed by atoms with Gasteiger partial charge in [-0.15, -0.1) is 0 Å². The molecule has 0 saturated heterocycles. The van der Waals surface area contributed by atoms with Gasteiger partial charge >= 0.3 is 0 Å². The zero-order valence-corrected chi connectivity index (χ0v) is 9.04. The molecule has 1 aromatic rings. The number of nitrogens with one attached hydrogen (secondary N) is 1. The second-order valence-electron chi connectivity index (χ2n) is 3.18. The van der Waals surface area contributed by atoms with Gasteiger partial charge in [0.2, 0.25) is 0 Å². The van der Waals surface area contributed by atoms with Gasteiger partial charge in [0, 0.05) is 12.7 Å². The molecular formula is C11H16N2O2. The zero-order valence-electron chi connectivity index (χ0n) is 9.04. The van der Waals surface area contributed by atoms with Crippen molar-refractivity contribution in [3.63, 3.8) is 0 Å². The van der Waals surface area contributed by atoms with E-state index in [0.29, 0.717) is 23.6 Å². The molecule has 1 amide bonds. The summed E-state index contributed by atoms with van der Waals surface area (Å²) in [7, 11) is 1.58. The average molecular weight is 208 g/mol. The number of anilines is 1. The van der Waals surface area contributed by atoms with Crippen LogP contribution in [0.15, 0.2) is 18.2 Å². The number of amides is 1. The van der Waals surface area contributed by atoms with Crippen LogP contribution in [0, 0.1) is 0 Å². The number of ether oxygens (including phenoxy) is 1. The van der Waals surface area contributed by atoms with Gasteiger partial charge in [0.1, 0.15) is 5.75 Å². The van der Waals surface area contributed by atoms with Crippen LogP contribution in [0.4, 0.5) is 5.69 Å². The molecule has 0 aliphatic carbocycles. The number of benzene rings is 1. The number of nitrogens with two attached hydrogens (primary N) is 1. The van der Waals surface area contributed by atoms with E-state index >= 15 is 0 Å². The number of hydrogen-bond acceptors (Lipinski definition) is 3. The van der Waals surface area contributed by atoms with Gasteiger partial charge < -0.3 is 15.8 Å². The fourth-order valence-electron chi connectivity index (χ4n) is 1.20. The van der Waals surface area contributed by atoms with Crippen LogP contribution >= 0.6 is 0 Å². The lowest BCUT2D eigenvalue weighted by atomic mass is 10.1. The molecule has 0 fully saturated rings. The molecule has 0 aliphatic rings. The van der Waals surface area contributed by atoms with Crippen LogP contribution in [-0.2, 0) is 0 Å². The first-order valence-corrected chi connectivity index (χ1v) is 4.93. The summed E-state index contributed by atoms with van der Waals surface area (Å²) in [4.78, 5) is 11.5. The molecule has 3 N–H and O–H groups in total. The lowest BCUT2D eigenvalue weighted by Gasteiger charge is -2.10. The van der Waals surface area contributed by atoms with Crippen LogP contribution < -0.4 is 15.8 Å². The molecule has 0 unspecified atom stereocenters. The topological polar surface area (TPSA) is 64.3 Å². The zero-order chi connectivity index (χ0) is 11.3. The van der Waals surface area contributed by atoms with E-state index in [1.807, 2.05) is 6.92 Å². The predicted molar refractivity (Wildman–Crippen MR) is 60.0 cm³/mol. The van der Waals surface area contributed by atoms with Crippen LogP contribution in [0.3, 0.4) is 0 Å². The van der Waals surface area contributed by atoms with Crippen molar-refractivity contribution in [1.29, 1.82) is 0 Å². The summed E-state index contributed by atoms with van der Waals surface area (Å²) in [5.41, 5.74) is 6.64. The number of rotatable bonds is 4. The molecule has 0 atom stereocenters. The van der Waals surface area contributed by atoms with Crippen molar-refractivity contribution < 1.29 is 9.53 Å². The Hall–Kier alpha value is -1.71. The van der Waals surface area contributed by atoms with Crippen LogP contribution in [0.25, 0.3) is 0 Å².